The average Bonchev–Trinajstić information content (AvgIpc) is 2.95. The van der Waals surface area contributed by atoms with Gasteiger partial charge in [-0.05, 0) is 73.5 Å². The number of halogens is 6. The van der Waals surface area contributed by atoms with Gasteiger partial charge in [-0.2, -0.15) is 9.44 Å². The van der Waals surface area contributed by atoms with Gasteiger partial charge in [0.25, 0.3) is 0 Å². The second-order valence-electron chi connectivity index (χ2n) is 10.1. The van der Waals surface area contributed by atoms with Crippen LogP contribution >= 0.6 is 69.6 Å². The third-order valence-electron chi connectivity index (χ3n) is 6.53. The van der Waals surface area contributed by atoms with Crippen molar-refractivity contribution in [3.05, 3.63) is 119 Å². The molecule has 4 aromatic carbocycles. The highest BCUT2D eigenvalue weighted by molar-refractivity contribution is 7.89. The van der Waals surface area contributed by atoms with Gasteiger partial charge in [0, 0.05) is 0 Å². The third-order valence-corrected chi connectivity index (χ3v) is 10.7. The van der Waals surface area contributed by atoms with Crippen LogP contribution in [0.25, 0.3) is 0 Å². The first-order valence-corrected chi connectivity index (χ1v) is 18.3. The van der Waals surface area contributed by atoms with Crippen molar-refractivity contribution in [1.29, 1.82) is 0 Å². The standard InChI is InChI=1S/C30H26Cl6N2O5S2/c1-19-3-7-21(8-4-19)27(29(31,32)33)37-44(39,40)25-15-11-23(12-16-25)43-24-13-17-26(18-14-24)45(41,42)38-28(30(34,35)36)22-9-5-20(2)6-10-22/h3-18,27-28,37-38H,1-2H3. The van der Waals surface area contributed by atoms with Gasteiger partial charge in [0.2, 0.25) is 27.6 Å². The lowest BCUT2D eigenvalue weighted by Gasteiger charge is -2.26. The minimum absolute atomic E-state index is 0.0918. The Hall–Kier alpha value is -1.76. The largest absolute Gasteiger partial charge is 0.457 e. The fourth-order valence-electron chi connectivity index (χ4n) is 4.12. The number of benzene rings is 4. The van der Waals surface area contributed by atoms with E-state index < -0.39 is 39.7 Å². The number of sulfonamides is 2. The number of aryl methyl sites for hydroxylation is 2. The predicted molar refractivity (Wildman–Crippen MR) is 182 cm³/mol. The highest BCUT2D eigenvalue weighted by atomic mass is 35.6. The molecule has 0 spiro atoms. The quantitative estimate of drug-likeness (QED) is 0.157. The number of alkyl halides is 6. The van der Waals surface area contributed by atoms with Crippen LogP contribution in [-0.2, 0) is 20.0 Å². The van der Waals surface area contributed by atoms with Crippen LogP contribution < -0.4 is 14.2 Å². The van der Waals surface area contributed by atoms with Crippen molar-refractivity contribution in [2.24, 2.45) is 0 Å². The predicted octanol–water partition coefficient (Wildman–Crippen LogP) is 8.88. The van der Waals surface area contributed by atoms with Gasteiger partial charge in [-0.25, -0.2) is 16.8 Å². The lowest BCUT2D eigenvalue weighted by atomic mass is 10.1. The summed E-state index contributed by atoms with van der Waals surface area (Å²) in [6.45, 7) is 3.76. The Kier molecular flexibility index (Phi) is 11.4. The van der Waals surface area contributed by atoms with E-state index in [9.17, 15) is 16.8 Å². The zero-order valence-corrected chi connectivity index (χ0v) is 29.7. The summed E-state index contributed by atoms with van der Waals surface area (Å²) in [5.74, 6) is 0.574. The Balaban J connectivity index is 1.47. The molecule has 0 aliphatic rings. The van der Waals surface area contributed by atoms with Crippen LogP contribution in [0.5, 0.6) is 11.5 Å². The topological polar surface area (TPSA) is 102 Å². The minimum atomic E-state index is -4.12. The van der Waals surface area contributed by atoms with Gasteiger partial charge in [0.1, 0.15) is 11.5 Å². The van der Waals surface area contributed by atoms with Crippen LogP contribution in [0.15, 0.2) is 107 Å². The molecule has 0 saturated carbocycles. The van der Waals surface area contributed by atoms with Crippen molar-refractivity contribution >= 4 is 89.7 Å². The van der Waals surface area contributed by atoms with Gasteiger partial charge < -0.3 is 4.74 Å². The van der Waals surface area contributed by atoms with Gasteiger partial charge in [0.05, 0.1) is 21.9 Å². The minimum Gasteiger partial charge on any atom is -0.457 e. The maximum absolute atomic E-state index is 13.2. The Morgan fingerprint density at radius 2 is 0.800 bits per heavy atom. The van der Waals surface area contributed by atoms with Gasteiger partial charge in [0.15, 0.2) is 0 Å². The zero-order valence-electron chi connectivity index (χ0n) is 23.5. The molecule has 2 N–H and O–H groups in total. The van der Waals surface area contributed by atoms with Gasteiger partial charge in [-0.3, -0.25) is 0 Å². The van der Waals surface area contributed by atoms with Crippen LogP contribution in [0.3, 0.4) is 0 Å². The molecule has 7 nitrogen and oxygen atoms in total. The number of nitrogens with one attached hydrogen (secondary N) is 2. The van der Waals surface area contributed by atoms with Crippen LogP contribution in [0.4, 0.5) is 0 Å². The van der Waals surface area contributed by atoms with Gasteiger partial charge in [-0.15, -0.1) is 0 Å². The molecular weight excluding hydrogens is 745 g/mol. The Labute approximate surface area is 292 Å². The van der Waals surface area contributed by atoms with Crippen LogP contribution in [0.1, 0.15) is 34.3 Å². The van der Waals surface area contributed by atoms with E-state index in [4.69, 9.17) is 74.3 Å². The lowest BCUT2D eigenvalue weighted by Crippen LogP contribution is -2.36. The summed E-state index contributed by atoms with van der Waals surface area (Å²) >= 11 is 36.7. The first-order chi connectivity index (χ1) is 20.8. The highest BCUT2D eigenvalue weighted by Gasteiger charge is 2.38. The van der Waals surface area contributed by atoms with E-state index in [1.54, 1.807) is 48.5 Å². The molecule has 4 aromatic rings. The molecule has 2 atom stereocenters. The SMILES string of the molecule is Cc1ccc(C(NS(=O)(=O)c2ccc(Oc3ccc(S(=O)(=O)NC(c4ccc(C)cc4)C(Cl)(Cl)Cl)cc3)cc2)C(Cl)(Cl)Cl)cc1. The van der Waals surface area contributed by atoms with E-state index >= 15 is 0 Å². The van der Waals surface area contributed by atoms with Gasteiger partial charge >= 0.3 is 0 Å². The summed E-state index contributed by atoms with van der Waals surface area (Å²) in [6.07, 6.45) is 0. The Bertz CT molecular complexity index is 1690. The first kappa shape index (κ1) is 36.1. The molecule has 240 valence electrons. The smallest absolute Gasteiger partial charge is 0.241 e. The molecular formula is C30H26Cl6N2O5S2. The van der Waals surface area contributed by atoms with E-state index in [1.165, 1.54) is 48.5 Å². The van der Waals surface area contributed by atoms with E-state index in [-0.39, 0.29) is 21.3 Å². The van der Waals surface area contributed by atoms with Crippen molar-refractivity contribution in [2.75, 3.05) is 0 Å². The Morgan fingerprint density at radius 1 is 0.511 bits per heavy atom. The molecule has 0 aliphatic carbocycles. The van der Waals surface area contributed by atoms with Crippen molar-refractivity contribution in [3.8, 4) is 11.5 Å². The molecule has 0 saturated heterocycles. The van der Waals surface area contributed by atoms with Gasteiger partial charge in [-0.1, -0.05) is 129 Å². The average molecular weight is 771 g/mol. The van der Waals surface area contributed by atoms with Crippen molar-refractivity contribution in [1.82, 2.24) is 9.44 Å². The monoisotopic (exact) mass is 768 g/mol. The number of rotatable bonds is 10. The summed E-state index contributed by atoms with van der Waals surface area (Å²) < 4.78 is 59.4. The molecule has 0 aromatic heterocycles. The molecule has 2 unspecified atom stereocenters. The summed E-state index contributed by atoms with van der Waals surface area (Å²) in [5, 5.41) is 0. The van der Waals surface area contributed by atoms with Crippen molar-refractivity contribution in [2.45, 2.75) is 43.3 Å². The summed E-state index contributed by atoms with van der Waals surface area (Å²) in [7, 11) is -8.23. The number of hydrogen-bond acceptors (Lipinski definition) is 5. The molecule has 0 aliphatic heterocycles. The number of hydrogen-bond donors (Lipinski definition) is 2. The van der Waals surface area contributed by atoms with E-state index in [1.807, 2.05) is 13.8 Å². The molecule has 0 bridgehead atoms. The van der Waals surface area contributed by atoms with Crippen LogP contribution in [0, 0.1) is 13.8 Å². The highest BCUT2D eigenvalue weighted by Crippen LogP contribution is 2.42. The van der Waals surface area contributed by atoms with Crippen molar-refractivity contribution in [3.63, 3.8) is 0 Å². The first-order valence-electron chi connectivity index (χ1n) is 13.0. The van der Waals surface area contributed by atoms with E-state index in [2.05, 4.69) is 9.44 Å². The zero-order chi connectivity index (χ0) is 33.2. The van der Waals surface area contributed by atoms with Crippen molar-refractivity contribution < 1.29 is 21.6 Å². The van der Waals surface area contributed by atoms with E-state index in [0.29, 0.717) is 11.1 Å². The fraction of sp³-hybridized carbons (Fsp3) is 0.200. The second kappa shape index (κ2) is 14.2. The molecule has 0 fully saturated rings. The third kappa shape index (κ3) is 9.64. The molecule has 0 radical (unpaired) electrons. The fourth-order valence-corrected chi connectivity index (χ4v) is 8.10. The molecule has 4 rings (SSSR count). The van der Waals surface area contributed by atoms with Crippen LogP contribution in [-0.4, -0.2) is 24.4 Å². The summed E-state index contributed by atoms with van der Waals surface area (Å²) in [4.78, 5) is -0.184. The van der Waals surface area contributed by atoms with Crippen LogP contribution in [0.2, 0.25) is 0 Å². The molecule has 0 amide bonds. The Morgan fingerprint density at radius 3 is 1.07 bits per heavy atom. The maximum Gasteiger partial charge on any atom is 0.241 e. The maximum atomic E-state index is 13.2. The lowest BCUT2D eigenvalue weighted by molar-refractivity contribution is 0.481. The number of ether oxygens (including phenoxy) is 1. The summed E-state index contributed by atoms with van der Waals surface area (Å²) in [6, 6.07) is 22.6. The molecule has 0 heterocycles. The molecule has 45 heavy (non-hydrogen) atoms. The van der Waals surface area contributed by atoms with E-state index in [0.717, 1.165) is 11.1 Å². The second-order valence-corrected chi connectivity index (χ2v) is 18.2. The normalized spacial score (nSPS) is 14.1. The summed E-state index contributed by atoms with van der Waals surface area (Å²) in [5.41, 5.74) is 2.87. The molecule has 15 heteroatoms.